The van der Waals surface area contributed by atoms with Gasteiger partial charge in [-0.25, -0.2) is 0 Å². The minimum atomic E-state index is -0.686. The van der Waals surface area contributed by atoms with E-state index in [0.29, 0.717) is 5.69 Å². The van der Waals surface area contributed by atoms with Crippen LogP contribution in [-0.2, 0) is 0 Å². The summed E-state index contributed by atoms with van der Waals surface area (Å²) < 4.78 is 4.91. The minimum absolute atomic E-state index is 0.112. The monoisotopic (exact) mass is 308 g/mol. The molecule has 6 heteroatoms. The van der Waals surface area contributed by atoms with Crippen LogP contribution in [0.5, 0.6) is 0 Å². The third-order valence-corrected chi connectivity index (χ3v) is 3.26. The molecule has 6 nitrogen and oxygen atoms in total. The van der Waals surface area contributed by atoms with Crippen LogP contribution < -0.4 is 5.32 Å². The number of rotatable bonds is 4. The molecule has 0 aliphatic rings. The number of carbonyl (C=O) groups excluding carboxylic acids is 1. The Morgan fingerprint density at radius 3 is 2.35 bits per heavy atom. The molecular weight excluding hydrogens is 296 g/mol. The number of carbonyl (C=O) groups is 1. The smallest absolute Gasteiger partial charge is 0.395 e. The molecule has 0 saturated carbocycles. The lowest BCUT2D eigenvalue weighted by molar-refractivity contribution is -0.402. The highest BCUT2D eigenvalue weighted by Crippen LogP contribution is 2.28. The fourth-order valence-corrected chi connectivity index (χ4v) is 2.19. The number of hydrogen-bond donors (Lipinski definition) is 1. The van der Waals surface area contributed by atoms with Crippen molar-refractivity contribution >= 4 is 17.5 Å². The number of anilines is 1. The van der Waals surface area contributed by atoms with Crippen molar-refractivity contribution in [1.29, 1.82) is 0 Å². The zero-order valence-electron chi connectivity index (χ0n) is 11.9. The highest BCUT2D eigenvalue weighted by Gasteiger charge is 2.18. The Hall–Kier alpha value is -3.41. The Morgan fingerprint density at radius 1 is 0.957 bits per heavy atom. The Balaban J connectivity index is 1.88. The van der Waals surface area contributed by atoms with Crippen LogP contribution in [0.1, 0.15) is 10.6 Å². The van der Waals surface area contributed by atoms with Gasteiger partial charge >= 0.3 is 5.88 Å². The molecule has 0 radical (unpaired) electrons. The number of amides is 1. The zero-order valence-corrected chi connectivity index (χ0v) is 11.9. The van der Waals surface area contributed by atoms with E-state index in [1.54, 1.807) is 12.1 Å². The van der Waals surface area contributed by atoms with Crippen molar-refractivity contribution in [2.45, 2.75) is 0 Å². The molecule has 1 heterocycles. The molecule has 2 aromatic carbocycles. The normalized spacial score (nSPS) is 10.3. The standard InChI is InChI=1S/C17H12N2O4/c20-17(15-10-11-16(23-15)19(21)22)18-14-9-5-4-8-13(14)12-6-2-1-3-7-12/h1-11H,(H,18,20). The molecule has 1 aromatic heterocycles. The van der Waals surface area contributed by atoms with Crippen LogP contribution in [0.25, 0.3) is 11.1 Å². The summed E-state index contributed by atoms with van der Waals surface area (Å²) in [7, 11) is 0. The van der Waals surface area contributed by atoms with E-state index in [1.807, 2.05) is 42.5 Å². The maximum absolute atomic E-state index is 12.2. The molecule has 0 fully saturated rings. The van der Waals surface area contributed by atoms with Gasteiger partial charge in [0.25, 0.3) is 5.91 Å². The lowest BCUT2D eigenvalue weighted by Crippen LogP contribution is -2.11. The van der Waals surface area contributed by atoms with Crippen molar-refractivity contribution in [2.24, 2.45) is 0 Å². The molecule has 0 unspecified atom stereocenters. The lowest BCUT2D eigenvalue weighted by atomic mass is 10.0. The molecule has 3 rings (SSSR count). The number of furan rings is 1. The van der Waals surface area contributed by atoms with E-state index in [0.717, 1.165) is 17.2 Å². The van der Waals surface area contributed by atoms with Crippen LogP contribution in [0, 0.1) is 10.1 Å². The van der Waals surface area contributed by atoms with E-state index in [2.05, 4.69) is 5.32 Å². The predicted octanol–water partition coefficient (Wildman–Crippen LogP) is 4.11. The first-order chi connectivity index (χ1) is 11.1. The Morgan fingerprint density at radius 2 is 1.65 bits per heavy atom. The van der Waals surface area contributed by atoms with Crippen LogP contribution in [0.3, 0.4) is 0 Å². The van der Waals surface area contributed by atoms with Gasteiger partial charge in [0.05, 0.1) is 6.07 Å². The van der Waals surface area contributed by atoms with Gasteiger partial charge in [-0.15, -0.1) is 0 Å². The highest BCUT2D eigenvalue weighted by atomic mass is 16.6. The van der Waals surface area contributed by atoms with E-state index < -0.39 is 16.7 Å². The first-order valence-electron chi connectivity index (χ1n) is 6.85. The van der Waals surface area contributed by atoms with Gasteiger partial charge in [-0.2, -0.15) is 0 Å². The van der Waals surface area contributed by atoms with Gasteiger partial charge in [0.1, 0.15) is 4.92 Å². The maximum Gasteiger partial charge on any atom is 0.433 e. The summed E-state index contributed by atoms with van der Waals surface area (Å²) in [6.07, 6.45) is 0. The van der Waals surface area contributed by atoms with Crippen molar-refractivity contribution < 1.29 is 14.1 Å². The molecule has 1 amide bonds. The summed E-state index contributed by atoms with van der Waals surface area (Å²) in [4.78, 5) is 22.1. The fraction of sp³-hybridized carbons (Fsp3) is 0. The maximum atomic E-state index is 12.2. The molecule has 0 atom stereocenters. The number of nitrogens with one attached hydrogen (secondary N) is 1. The second-order valence-electron chi connectivity index (χ2n) is 4.76. The van der Waals surface area contributed by atoms with Crippen LogP contribution in [0.15, 0.2) is 71.1 Å². The van der Waals surface area contributed by atoms with Gasteiger partial charge in [0.2, 0.25) is 0 Å². The molecular formula is C17H12N2O4. The van der Waals surface area contributed by atoms with E-state index in [9.17, 15) is 14.9 Å². The van der Waals surface area contributed by atoms with Gasteiger partial charge in [0.15, 0.2) is 5.76 Å². The third kappa shape index (κ3) is 3.11. The highest BCUT2D eigenvalue weighted by molar-refractivity contribution is 6.04. The van der Waals surface area contributed by atoms with Crippen LogP contribution in [-0.4, -0.2) is 10.8 Å². The first kappa shape index (κ1) is 14.5. The van der Waals surface area contributed by atoms with E-state index >= 15 is 0 Å². The van der Waals surface area contributed by atoms with E-state index in [-0.39, 0.29) is 5.76 Å². The van der Waals surface area contributed by atoms with Crippen LogP contribution in [0.4, 0.5) is 11.6 Å². The quantitative estimate of drug-likeness (QED) is 0.580. The molecule has 0 bridgehead atoms. The molecule has 0 saturated heterocycles. The van der Waals surface area contributed by atoms with Gasteiger partial charge in [-0.3, -0.25) is 14.9 Å². The summed E-state index contributed by atoms with van der Waals surface area (Å²) in [6, 6.07) is 19.3. The lowest BCUT2D eigenvalue weighted by Gasteiger charge is -2.10. The summed E-state index contributed by atoms with van der Waals surface area (Å²) in [6.45, 7) is 0. The Bertz CT molecular complexity index is 856. The molecule has 0 aliphatic heterocycles. The average Bonchev–Trinajstić information content (AvgIpc) is 3.07. The SMILES string of the molecule is O=C(Nc1ccccc1-c1ccccc1)c1ccc([N+](=O)[O-])o1. The second kappa shape index (κ2) is 6.15. The predicted molar refractivity (Wildman–Crippen MR) is 85.2 cm³/mol. The number of benzene rings is 2. The van der Waals surface area contributed by atoms with Crippen molar-refractivity contribution in [3.05, 3.63) is 82.6 Å². The molecule has 114 valence electrons. The van der Waals surface area contributed by atoms with Crippen molar-refractivity contribution in [3.8, 4) is 11.1 Å². The summed E-state index contributed by atoms with van der Waals surface area (Å²) in [5, 5.41) is 13.3. The topological polar surface area (TPSA) is 85.4 Å². The van der Waals surface area contributed by atoms with E-state index in [1.165, 1.54) is 6.07 Å². The third-order valence-electron chi connectivity index (χ3n) is 3.26. The van der Waals surface area contributed by atoms with Gasteiger partial charge in [-0.05, 0) is 17.7 Å². The van der Waals surface area contributed by atoms with Crippen molar-refractivity contribution in [2.75, 3.05) is 5.32 Å². The fourth-order valence-electron chi connectivity index (χ4n) is 2.19. The Kier molecular flexibility index (Phi) is 3.88. The first-order valence-corrected chi connectivity index (χ1v) is 6.85. The number of para-hydroxylation sites is 1. The van der Waals surface area contributed by atoms with Crippen molar-refractivity contribution in [3.63, 3.8) is 0 Å². The zero-order chi connectivity index (χ0) is 16.2. The van der Waals surface area contributed by atoms with Gasteiger partial charge in [0, 0.05) is 11.3 Å². The molecule has 0 spiro atoms. The van der Waals surface area contributed by atoms with Crippen molar-refractivity contribution in [1.82, 2.24) is 0 Å². The molecule has 23 heavy (non-hydrogen) atoms. The van der Waals surface area contributed by atoms with Crippen LogP contribution >= 0.6 is 0 Å². The summed E-state index contributed by atoms with van der Waals surface area (Å²) >= 11 is 0. The van der Waals surface area contributed by atoms with Crippen LogP contribution in [0.2, 0.25) is 0 Å². The number of nitrogens with zero attached hydrogens (tertiary/aromatic N) is 1. The largest absolute Gasteiger partial charge is 0.433 e. The second-order valence-corrected chi connectivity index (χ2v) is 4.76. The van der Waals surface area contributed by atoms with Gasteiger partial charge < -0.3 is 9.73 Å². The summed E-state index contributed by atoms with van der Waals surface area (Å²) in [5.74, 6) is -1.12. The molecule has 3 aromatic rings. The van der Waals surface area contributed by atoms with Gasteiger partial charge in [-0.1, -0.05) is 48.5 Å². The average molecular weight is 308 g/mol. The number of hydrogen-bond acceptors (Lipinski definition) is 4. The minimum Gasteiger partial charge on any atom is -0.395 e. The molecule has 0 aliphatic carbocycles. The number of nitro groups is 1. The Labute approximate surface area is 131 Å². The molecule has 1 N–H and O–H groups in total. The summed E-state index contributed by atoms with van der Waals surface area (Å²) in [5.41, 5.74) is 2.40. The van der Waals surface area contributed by atoms with E-state index in [4.69, 9.17) is 4.42 Å².